The summed E-state index contributed by atoms with van der Waals surface area (Å²) in [5.74, 6) is 6.53. The molecule has 3 rings (SSSR count). The number of hydrogen-bond donors (Lipinski definition) is 3. The van der Waals surface area contributed by atoms with Crippen LogP contribution in [-0.2, 0) is 6.54 Å². The predicted molar refractivity (Wildman–Crippen MR) is 76.8 cm³/mol. The van der Waals surface area contributed by atoms with Gasteiger partial charge in [0.05, 0.1) is 17.6 Å². The monoisotopic (exact) mass is 272 g/mol. The molecule has 0 amide bonds. The topological polar surface area (TPSA) is 88.8 Å². The number of aromatic nitrogens is 3. The molecule has 0 fully saturated rings. The van der Waals surface area contributed by atoms with Gasteiger partial charge in [-0.15, -0.1) is 11.3 Å². The maximum absolute atomic E-state index is 5.38. The highest BCUT2D eigenvalue weighted by molar-refractivity contribution is 7.16. The van der Waals surface area contributed by atoms with Crippen molar-refractivity contribution in [3.8, 4) is 0 Å². The predicted octanol–water partition coefficient (Wildman–Crippen LogP) is 1.98. The first kappa shape index (κ1) is 11.8. The molecule has 0 aliphatic rings. The van der Waals surface area contributed by atoms with Crippen molar-refractivity contribution in [2.75, 3.05) is 10.7 Å². The lowest BCUT2D eigenvalue weighted by molar-refractivity contribution is 1.03. The van der Waals surface area contributed by atoms with Crippen LogP contribution in [0.3, 0.4) is 0 Å². The van der Waals surface area contributed by atoms with E-state index in [1.165, 1.54) is 0 Å². The SMILES string of the molecule is NNc1nc(NCc2ccccn2)c2ccsc2n1. The molecule has 0 atom stereocenters. The summed E-state index contributed by atoms with van der Waals surface area (Å²) >= 11 is 1.55. The minimum Gasteiger partial charge on any atom is -0.364 e. The van der Waals surface area contributed by atoms with Crippen LogP contribution >= 0.6 is 11.3 Å². The van der Waals surface area contributed by atoms with Crippen molar-refractivity contribution in [1.82, 2.24) is 15.0 Å². The Labute approximate surface area is 113 Å². The number of anilines is 2. The summed E-state index contributed by atoms with van der Waals surface area (Å²) in [6, 6.07) is 7.79. The van der Waals surface area contributed by atoms with Crippen LogP contribution in [0, 0.1) is 0 Å². The smallest absolute Gasteiger partial charge is 0.240 e. The van der Waals surface area contributed by atoms with Gasteiger partial charge in [0.2, 0.25) is 5.95 Å². The van der Waals surface area contributed by atoms with Gasteiger partial charge in [0.1, 0.15) is 10.6 Å². The molecule has 0 radical (unpaired) electrons. The zero-order valence-electron chi connectivity index (χ0n) is 10.00. The van der Waals surface area contributed by atoms with Crippen molar-refractivity contribution < 1.29 is 0 Å². The van der Waals surface area contributed by atoms with E-state index in [-0.39, 0.29) is 0 Å². The molecule has 3 aromatic rings. The van der Waals surface area contributed by atoms with Gasteiger partial charge < -0.3 is 5.32 Å². The van der Waals surface area contributed by atoms with Crippen LogP contribution in [0.4, 0.5) is 11.8 Å². The lowest BCUT2D eigenvalue weighted by Crippen LogP contribution is -2.12. The molecule has 7 heteroatoms. The van der Waals surface area contributed by atoms with E-state index in [9.17, 15) is 0 Å². The third kappa shape index (κ3) is 2.47. The second-order valence-electron chi connectivity index (χ2n) is 3.85. The van der Waals surface area contributed by atoms with Crippen molar-refractivity contribution in [2.24, 2.45) is 5.84 Å². The number of rotatable bonds is 4. The number of pyridine rings is 1. The number of thiophene rings is 1. The molecule has 96 valence electrons. The van der Waals surface area contributed by atoms with Crippen LogP contribution < -0.4 is 16.6 Å². The second-order valence-corrected chi connectivity index (χ2v) is 4.75. The van der Waals surface area contributed by atoms with Gasteiger partial charge in [-0.2, -0.15) is 4.98 Å². The van der Waals surface area contributed by atoms with E-state index in [2.05, 4.69) is 25.7 Å². The Morgan fingerprint density at radius 2 is 2.16 bits per heavy atom. The number of nitrogens with zero attached hydrogens (tertiary/aromatic N) is 3. The van der Waals surface area contributed by atoms with Crippen molar-refractivity contribution in [2.45, 2.75) is 6.54 Å². The second kappa shape index (κ2) is 5.17. The molecule has 3 heterocycles. The molecule has 0 aliphatic heterocycles. The van der Waals surface area contributed by atoms with E-state index >= 15 is 0 Å². The number of nitrogens with one attached hydrogen (secondary N) is 2. The molecule has 0 spiro atoms. The molecule has 0 aliphatic carbocycles. The summed E-state index contributed by atoms with van der Waals surface area (Å²) in [6.45, 7) is 0.604. The summed E-state index contributed by atoms with van der Waals surface area (Å²) in [7, 11) is 0. The normalized spacial score (nSPS) is 10.6. The molecule has 6 nitrogen and oxygen atoms in total. The van der Waals surface area contributed by atoms with Crippen LogP contribution in [0.5, 0.6) is 0 Å². The van der Waals surface area contributed by atoms with Gasteiger partial charge in [-0.25, -0.2) is 10.8 Å². The molecule has 0 bridgehead atoms. The maximum Gasteiger partial charge on any atom is 0.240 e. The van der Waals surface area contributed by atoms with Crippen molar-refractivity contribution in [1.29, 1.82) is 0 Å². The van der Waals surface area contributed by atoms with Crippen LogP contribution in [0.1, 0.15) is 5.69 Å². The van der Waals surface area contributed by atoms with E-state index in [1.807, 2.05) is 29.6 Å². The van der Waals surface area contributed by atoms with Crippen molar-refractivity contribution in [3.63, 3.8) is 0 Å². The summed E-state index contributed by atoms with van der Waals surface area (Å²) in [6.07, 6.45) is 1.77. The fourth-order valence-electron chi connectivity index (χ4n) is 1.73. The van der Waals surface area contributed by atoms with Gasteiger partial charge in [0, 0.05) is 6.20 Å². The Morgan fingerprint density at radius 3 is 2.95 bits per heavy atom. The van der Waals surface area contributed by atoms with Gasteiger partial charge in [-0.1, -0.05) is 6.07 Å². The first-order chi connectivity index (χ1) is 9.36. The standard InChI is InChI=1S/C12H12N6S/c13-18-12-16-10(9-4-6-19-11(9)17-12)15-7-8-3-1-2-5-14-8/h1-6H,7,13H2,(H2,15,16,17,18). The Morgan fingerprint density at radius 1 is 1.21 bits per heavy atom. The molecule has 0 saturated carbocycles. The summed E-state index contributed by atoms with van der Waals surface area (Å²) in [4.78, 5) is 13.8. The van der Waals surface area contributed by atoms with Crippen molar-refractivity contribution in [3.05, 3.63) is 41.5 Å². The van der Waals surface area contributed by atoms with Gasteiger partial charge in [0.25, 0.3) is 0 Å². The van der Waals surface area contributed by atoms with Gasteiger partial charge in [-0.3, -0.25) is 10.4 Å². The number of nitrogens with two attached hydrogens (primary N) is 1. The number of fused-ring (bicyclic) bond motifs is 1. The Bertz CT molecular complexity index is 681. The maximum atomic E-state index is 5.38. The fraction of sp³-hybridized carbons (Fsp3) is 0.0833. The van der Waals surface area contributed by atoms with Crippen molar-refractivity contribution >= 4 is 33.3 Å². The number of hydrazine groups is 1. The molecular formula is C12H12N6S. The van der Waals surface area contributed by atoms with E-state index in [1.54, 1.807) is 17.5 Å². The summed E-state index contributed by atoms with van der Waals surface area (Å²) in [5, 5.41) is 6.23. The lowest BCUT2D eigenvalue weighted by Gasteiger charge is -2.08. The van der Waals surface area contributed by atoms with Gasteiger partial charge >= 0.3 is 0 Å². The Kier molecular flexibility index (Phi) is 3.21. The average molecular weight is 272 g/mol. The highest BCUT2D eigenvalue weighted by atomic mass is 32.1. The quantitative estimate of drug-likeness (QED) is 0.497. The number of nitrogen functional groups attached to an aromatic ring is 1. The third-order valence-corrected chi connectivity index (χ3v) is 3.42. The van der Waals surface area contributed by atoms with Gasteiger partial charge in [0.15, 0.2) is 0 Å². The highest BCUT2D eigenvalue weighted by Gasteiger charge is 2.08. The van der Waals surface area contributed by atoms with E-state index in [0.717, 1.165) is 21.7 Å². The first-order valence-electron chi connectivity index (χ1n) is 5.72. The molecule has 0 saturated heterocycles. The minimum atomic E-state index is 0.401. The summed E-state index contributed by atoms with van der Waals surface area (Å²) < 4.78 is 0. The largest absolute Gasteiger partial charge is 0.364 e. The summed E-state index contributed by atoms with van der Waals surface area (Å²) in [5.41, 5.74) is 3.43. The molecule has 0 aromatic carbocycles. The highest BCUT2D eigenvalue weighted by Crippen LogP contribution is 2.26. The Balaban J connectivity index is 1.89. The Hall–Kier alpha value is -2.25. The number of hydrogen-bond acceptors (Lipinski definition) is 7. The lowest BCUT2D eigenvalue weighted by atomic mass is 10.3. The van der Waals surface area contributed by atoms with Gasteiger partial charge in [-0.05, 0) is 23.6 Å². The molecule has 4 N–H and O–H groups in total. The van der Waals surface area contributed by atoms with Crippen LogP contribution in [-0.4, -0.2) is 15.0 Å². The fourth-order valence-corrected chi connectivity index (χ4v) is 2.50. The molecule has 3 aromatic heterocycles. The average Bonchev–Trinajstić information content (AvgIpc) is 2.94. The van der Waals surface area contributed by atoms with Crippen LogP contribution in [0.15, 0.2) is 35.8 Å². The molecular weight excluding hydrogens is 260 g/mol. The zero-order chi connectivity index (χ0) is 13.1. The van der Waals surface area contributed by atoms with E-state index in [4.69, 9.17) is 5.84 Å². The van der Waals surface area contributed by atoms with E-state index < -0.39 is 0 Å². The van der Waals surface area contributed by atoms with Crippen LogP contribution in [0.25, 0.3) is 10.2 Å². The molecule has 19 heavy (non-hydrogen) atoms. The third-order valence-electron chi connectivity index (χ3n) is 2.62. The van der Waals surface area contributed by atoms with Crippen LogP contribution in [0.2, 0.25) is 0 Å². The minimum absolute atomic E-state index is 0.401. The zero-order valence-corrected chi connectivity index (χ0v) is 10.8. The first-order valence-corrected chi connectivity index (χ1v) is 6.60. The van der Waals surface area contributed by atoms with E-state index in [0.29, 0.717) is 12.5 Å². The molecule has 0 unspecified atom stereocenters.